The van der Waals surface area contributed by atoms with Crippen LogP contribution in [0.25, 0.3) is 5.65 Å². The molecule has 2 atom stereocenters. The van der Waals surface area contributed by atoms with Crippen LogP contribution in [0.3, 0.4) is 0 Å². The first-order valence-corrected chi connectivity index (χ1v) is 9.01. The summed E-state index contributed by atoms with van der Waals surface area (Å²) < 4.78 is 2.01. The quantitative estimate of drug-likeness (QED) is 0.704. The monoisotopic (exact) mass is 421 g/mol. The maximum atomic E-state index is 13.2. The number of fused-ring (bicyclic) bond motifs is 1. The molecule has 150 valence electrons. The highest BCUT2D eigenvalue weighted by molar-refractivity contribution is 5.87. The van der Waals surface area contributed by atoms with Crippen LogP contribution in [0.4, 0.5) is 0 Å². The van der Waals surface area contributed by atoms with E-state index in [1.54, 1.807) is 6.92 Å². The van der Waals surface area contributed by atoms with Gasteiger partial charge in [-0.05, 0) is 37.5 Å². The second kappa shape index (κ2) is 8.90. The molecule has 2 N–H and O–H groups in total. The average molecular weight is 422 g/mol. The fraction of sp³-hybridized carbons (Fsp3) is 0.350. The van der Waals surface area contributed by atoms with Gasteiger partial charge < -0.3 is 10.6 Å². The van der Waals surface area contributed by atoms with E-state index in [2.05, 4.69) is 10.2 Å². The van der Waals surface area contributed by atoms with Crippen LogP contribution in [0.5, 0.6) is 0 Å². The average Bonchev–Trinajstić information content (AvgIpc) is 3.12. The van der Waals surface area contributed by atoms with E-state index in [1.807, 2.05) is 64.0 Å². The highest BCUT2D eigenvalue weighted by Gasteiger charge is 2.37. The highest BCUT2D eigenvalue weighted by Crippen LogP contribution is 2.29. The summed E-state index contributed by atoms with van der Waals surface area (Å²) in [6, 6.07) is 15.4. The van der Waals surface area contributed by atoms with Crippen molar-refractivity contribution in [2.75, 3.05) is 13.1 Å². The summed E-state index contributed by atoms with van der Waals surface area (Å²) in [5.74, 6) is 1.04. The van der Waals surface area contributed by atoms with E-state index in [1.165, 1.54) is 0 Å². The molecule has 6 nitrogen and oxygen atoms in total. The lowest BCUT2D eigenvalue weighted by Crippen LogP contribution is -2.53. The number of amides is 1. The summed E-state index contributed by atoms with van der Waals surface area (Å²) in [4.78, 5) is 15.0. The van der Waals surface area contributed by atoms with Gasteiger partial charge in [-0.3, -0.25) is 9.20 Å². The van der Waals surface area contributed by atoms with Crippen molar-refractivity contribution in [3.05, 3.63) is 66.1 Å². The van der Waals surface area contributed by atoms with Gasteiger partial charge in [-0.15, -0.1) is 35.0 Å². The van der Waals surface area contributed by atoms with Crippen molar-refractivity contribution >= 4 is 36.4 Å². The molecule has 8 heteroatoms. The van der Waals surface area contributed by atoms with Gasteiger partial charge in [0.05, 0.1) is 0 Å². The first-order chi connectivity index (χ1) is 12.6. The van der Waals surface area contributed by atoms with Crippen LogP contribution in [0, 0.1) is 0 Å². The Balaban J connectivity index is 0.00000140. The third-order valence-electron chi connectivity index (χ3n) is 5.23. The summed E-state index contributed by atoms with van der Waals surface area (Å²) in [6.07, 6.45) is 3.90. The number of aromatic nitrogens is 3. The number of nitrogens with two attached hydrogens (primary N) is 1. The largest absolute Gasteiger partial charge is 0.340 e. The van der Waals surface area contributed by atoms with Crippen molar-refractivity contribution in [3.63, 3.8) is 0 Å². The van der Waals surface area contributed by atoms with Gasteiger partial charge >= 0.3 is 0 Å². The van der Waals surface area contributed by atoms with E-state index in [4.69, 9.17) is 5.73 Å². The number of hydrogen-bond acceptors (Lipinski definition) is 4. The molecule has 1 aliphatic heterocycles. The molecule has 2 aromatic heterocycles. The molecule has 0 bridgehead atoms. The summed E-state index contributed by atoms with van der Waals surface area (Å²) in [5.41, 5.74) is 7.08. The Labute approximate surface area is 176 Å². The molecule has 4 rings (SSSR count). The van der Waals surface area contributed by atoms with Crippen LogP contribution < -0.4 is 5.73 Å². The van der Waals surface area contributed by atoms with Crippen LogP contribution in [0.2, 0.25) is 0 Å². The maximum absolute atomic E-state index is 13.2. The van der Waals surface area contributed by atoms with Gasteiger partial charge in [0, 0.05) is 25.2 Å². The van der Waals surface area contributed by atoms with Crippen LogP contribution in [0.1, 0.15) is 37.1 Å². The molecule has 28 heavy (non-hydrogen) atoms. The van der Waals surface area contributed by atoms with Crippen LogP contribution in [-0.4, -0.2) is 38.5 Å². The van der Waals surface area contributed by atoms with Gasteiger partial charge in [-0.25, -0.2) is 0 Å². The van der Waals surface area contributed by atoms with Crippen molar-refractivity contribution in [1.82, 2.24) is 19.5 Å². The van der Waals surface area contributed by atoms with Crippen LogP contribution in [0.15, 0.2) is 54.7 Å². The molecule has 0 radical (unpaired) electrons. The minimum Gasteiger partial charge on any atom is -0.340 e. The predicted octanol–water partition coefficient (Wildman–Crippen LogP) is 3.15. The number of benzene rings is 1. The van der Waals surface area contributed by atoms with E-state index in [9.17, 15) is 4.79 Å². The summed E-state index contributed by atoms with van der Waals surface area (Å²) >= 11 is 0. The third kappa shape index (κ3) is 3.99. The predicted molar refractivity (Wildman–Crippen MR) is 114 cm³/mol. The number of nitrogens with zero attached hydrogens (tertiary/aromatic N) is 4. The zero-order chi connectivity index (χ0) is 18.1. The van der Waals surface area contributed by atoms with Crippen molar-refractivity contribution in [2.45, 2.75) is 31.2 Å². The summed E-state index contributed by atoms with van der Waals surface area (Å²) in [5, 5.41) is 8.62. The standard InChI is InChI=1S/C20H23N5O.2ClH/c1-20(21,16-9-3-2-4-10-16)19(26)24-12-7-8-15(14-24)18-23-22-17-11-5-6-13-25(17)18;;/h2-6,9-11,13,15H,7-8,12,14,21H2,1H3;2*1H. The molecule has 3 aromatic rings. The van der Waals surface area contributed by atoms with E-state index >= 15 is 0 Å². The second-order valence-electron chi connectivity index (χ2n) is 7.15. The number of hydrogen-bond donors (Lipinski definition) is 1. The van der Waals surface area contributed by atoms with Crippen molar-refractivity contribution < 1.29 is 4.79 Å². The Morgan fingerprint density at radius 3 is 2.57 bits per heavy atom. The first-order valence-electron chi connectivity index (χ1n) is 9.01. The molecule has 0 spiro atoms. The number of rotatable bonds is 3. The van der Waals surface area contributed by atoms with Crippen LogP contribution in [-0.2, 0) is 10.3 Å². The lowest BCUT2D eigenvalue weighted by molar-refractivity contribution is -0.138. The van der Waals surface area contributed by atoms with Crippen molar-refractivity contribution in [2.24, 2.45) is 5.73 Å². The number of likely N-dealkylation sites (tertiary alicyclic amines) is 1. The lowest BCUT2D eigenvalue weighted by atomic mass is 9.89. The lowest BCUT2D eigenvalue weighted by Gasteiger charge is -2.37. The molecule has 1 fully saturated rings. The number of piperidine rings is 1. The normalized spacial score (nSPS) is 18.6. The van der Waals surface area contributed by atoms with Crippen molar-refractivity contribution in [1.29, 1.82) is 0 Å². The molecule has 3 heterocycles. The van der Waals surface area contributed by atoms with E-state index in [-0.39, 0.29) is 36.6 Å². The minimum absolute atomic E-state index is 0. The Morgan fingerprint density at radius 2 is 1.82 bits per heavy atom. The Morgan fingerprint density at radius 1 is 1.11 bits per heavy atom. The van der Waals surface area contributed by atoms with E-state index in [0.717, 1.165) is 36.4 Å². The molecule has 0 saturated carbocycles. The number of carbonyl (C=O) groups is 1. The number of halogens is 2. The fourth-order valence-electron chi connectivity index (χ4n) is 3.75. The van der Waals surface area contributed by atoms with Gasteiger partial charge in [0.1, 0.15) is 11.4 Å². The molecule has 1 aromatic carbocycles. The Kier molecular flexibility index (Phi) is 7.04. The summed E-state index contributed by atoms with van der Waals surface area (Å²) in [6.45, 7) is 3.14. The van der Waals surface area contributed by atoms with Crippen LogP contribution >= 0.6 is 24.8 Å². The highest BCUT2D eigenvalue weighted by atomic mass is 35.5. The van der Waals surface area contributed by atoms with Gasteiger partial charge in [-0.2, -0.15) is 0 Å². The molecule has 2 unspecified atom stereocenters. The Bertz CT molecular complexity index is 929. The zero-order valence-corrected chi connectivity index (χ0v) is 17.3. The minimum atomic E-state index is -1.03. The van der Waals surface area contributed by atoms with Gasteiger partial charge in [0.15, 0.2) is 5.65 Å². The van der Waals surface area contributed by atoms with Crippen molar-refractivity contribution in [3.8, 4) is 0 Å². The third-order valence-corrected chi connectivity index (χ3v) is 5.23. The Hall–Kier alpha value is -2.15. The summed E-state index contributed by atoms with van der Waals surface area (Å²) in [7, 11) is 0. The topological polar surface area (TPSA) is 76.5 Å². The van der Waals surface area contributed by atoms with E-state index < -0.39 is 5.54 Å². The molecule has 1 saturated heterocycles. The molecular formula is C20H25Cl2N5O. The number of carbonyl (C=O) groups excluding carboxylic acids is 1. The molecule has 1 amide bonds. The SMILES string of the molecule is CC(N)(C(=O)N1CCCC(c2nnc3ccccn23)C1)c1ccccc1.Cl.Cl. The van der Waals surface area contributed by atoms with Gasteiger partial charge in [-0.1, -0.05) is 36.4 Å². The maximum Gasteiger partial charge on any atom is 0.246 e. The smallest absolute Gasteiger partial charge is 0.246 e. The molecule has 0 aliphatic carbocycles. The zero-order valence-electron chi connectivity index (χ0n) is 15.7. The molecular weight excluding hydrogens is 397 g/mol. The van der Waals surface area contributed by atoms with E-state index in [0.29, 0.717) is 6.54 Å². The number of pyridine rings is 1. The van der Waals surface area contributed by atoms with Gasteiger partial charge in [0.2, 0.25) is 5.91 Å². The first kappa shape index (κ1) is 22.1. The molecule has 1 aliphatic rings. The van der Waals surface area contributed by atoms with Gasteiger partial charge in [0.25, 0.3) is 0 Å². The fourth-order valence-corrected chi connectivity index (χ4v) is 3.75. The second-order valence-corrected chi connectivity index (χ2v) is 7.15.